The van der Waals surface area contributed by atoms with Crippen LogP contribution in [0.1, 0.15) is 55.7 Å². The number of benzene rings is 3. The van der Waals surface area contributed by atoms with Crippen LogP contribution < -0.4 is 0 Å². The van der Waals surface area contributed by atoms with Crippen molar-refractivity contribution in [3.8, 4) is 0 Å². The Morgan fingerprint density at radius 1 is 0.871 bits per heavy atom. The second-order valence-corrected chi connectivity index (χ2v) is 7.50. The summed E-state index contributed by atoms with van der Waals surface area (Å²) in [5.74, 6) is -0.629. The highest BCUT2D eigenvalue weighted by atomic mass is 16.7. The Hall–Kier alpha value is -2.89. The maximum Gasteiger partial charge on any atom is 0.713 e. The molecule has 3 aromatic carbocycles. The van der Waals surface area contributed by atoms with E-state index in [0.717, 1.165) is 23.1 Å². The van der Waals surface area contributed by atoms with E-state index >= 15 is 0 Å². The Morgan fingerprint density at radius 2 is 1.35 bits per heavy atom. The summed E-state index contributed by atoms with van der Waals surface area (Å²) in [5, 5.41) is 10.7. The third kappa shape index (κ3) is 5.24. The lowest BCUT2D eigenvalue weighted by Gasteiger charge is -2.42. The molecule has 0 spiro atoms. The topological polar surface area (TPSA) is 55.8 Å². The summed E-state index contributed by atoms with van der Waals surface area (Å²) in [4.78, 5) is 12.1. The zero-order valence-electron chi connectivity index (χ0n) is 18.1. The van der Waals surface area contributed by atoms with Crippen LogP contribution in [0.2, 0.25) is 0 Å². The number of hydrogen-bond donors (Lipinski definition) is 1. The molecule has 1 atom stereocenters. The first-order chi connectivity index (χ1) is 15.1. The normalized spacial score (nSPS) is 12.2. The molecule has 0 bridgehead atoms. The third-order valence-electron chi connectivity index (χ3n) is 5.48. The summed E-state index contributed by atoms with van der Waals surface area (Å²) in [5.41, 5.74) is 1.76. The molecule has 0 fully saturated rings. The highest BCUT2D eigenvalue weighted by Crippen LogP contribution is 2.47. The van der Waals surface area contributed by atoms with Crippen molar-refractivity contribution in [3.05, 3.63) is 108 Å². The van der Waals surface area contributed by atoms with Gasteiger partial charge in [0.1, 0.15) is 5.60 Å². The van der Waals surface area contributed by atoms with Gasteiger partial charge in [0, 0.05) is 12.3 Å². The first-order valence-corrected chi connectivity index (χ1v) is 10.8. The van der Waals surface area contributed by atoms with Gasteiger partial charge in [-0.1, -0.05) is 105 Å². The van der Waals surface area contributed by atoms with Gasteiger partial charge in [-0.3, -0.25) is 4.79 Å². The molecule has 0 heterocycles. The molecule has 5 heteroatoms. The molecule has 4 nitrogen and oxygen atoms in total. The van der Waals surface area contributed by atoms with Crippen LogP contribution >= 0.6 is 0 Å². The minimum atomic E-state index is -1.70. The lowest BCUT2D eigenvalue weighted by atomic mass is 9.71. The molecule has 0 aliphatic carbocycles. The lowest BCUT2D eigenvalue weighted by molar-refractivity contribution is -0.138. The molecule has 31 heavy (non-hydrogen) atoms. The molecule has 3 aromatic rings. The fraction of sp³-hybridized carbons (Fsp3) is 0.269. The second-order valence-electron chi connectivity index (χ2n) is 7.50. The van der Waals surface area contributed by atoms with Crippen molar-refractivity contribution in [3.63, 3.8) is 0 Å². The van der Waals surface area contributed by atoms with Gasteiger partial charge in [0.25, 0.3) is 5.97 Å². The van der Waals surface area contributed by atoms with Gasteiger partial charge >= 0.3 is 7.32 Å². The average molecular weight is 416 g/mol. The van der Waals surface area contributed by atoms with Crippen molar-refractivity contribution in [2.75, 3.05) is 0 Å². The molecule has 0 aliphatic heterocycles. The van der Waals surface area contributed by atoms with Crippen molar-refractivity contribution < 1.29 is 19.1 Å². The first-order valence-electron chi connectivity index (χ1n) is 10.8. The molecule has 0 saturated carbocycles. The lowest BCUT2D eigenvalue weighted by Crippen LogP contribution is -2.44. The van der Waals surface area contributed by atoms with E-state index in [1.54, 1.807) is 0 Å². The zero-order valence-corrected chi connectivity index (χ0v) is 18.1. The fourth-order valence-corrected chi connectivity index (χ4v) is 4.16. The van der Waals surface area contributed by atoms with Crippen LogP contribution in [0.3, 0.4) is 0 Å². The summed E-state index contributed by atoms with van der Waals surface area (Å²) >= 11 is 0. The summed E-state index contributed by atoms with van der Waals surface area (Å²) in [6.45, 7) is 3.98. The largest absolute Gasteiger partial charge is 0.713 e. The summed E-state index contributed by atoms with van der Waals surface area (Å²) in [6.07, 6.45) is 1.60. The molecule has 1 N–H and O–H groups in total. The van der Waals surface area contributed by atoms with Crippen LogP contribution in [0.15, 0.2) is 91.0 Å². The highest BCUT2D eigenvalue weighted by molar-refractivity contribution is 6.37. The van der Waals surface area contributed by atoms with E-state index in [0.29, 0.717) is 6.42 Å². The third-order valence-corrected chi connectivity index (χ3v) is 5.48. The van der Waals surface area contributed by atoms with Crippen LogP contribution in [-0.4, -0.2) is 18.3 Å². The number of hydrogen-bond acceptors (Lipinski definition) is 4. The van der Waals surface area contributed by atoms with Gasteiger partial charge in [0.15, 0.2) is 0 Å². The van der Waals surface area contributed by atoms with E-state index in [4.69, 9.17) is 9.31 Å². The maximum atomic E-state index is 12.1. The number of rotatable bonds is 10. The van der Waals surface area contributed by atoms with Gasteiger partial charge in [-0.25, -0.2) is 0 Å². The second kappa shape index (κ2) is 10.9. The molecule has 1 unspecified atom stereocenters. The molecular formula is C26H29BO4. The Bertz CT molecular complexity index is 892. The molecule has 160 valence electrons. The van der Waals surface area contributed by atoms with Crippen molar-refractivity contribution in [2.45, 2.75) is 44.6 Å². The molecule has 3 rings (SSSR count). The molecule has 0 aliphatic rings. The molecule has 0 amide bonds. The minimum Gasteiger partial charge on any atom is -0.485 e. The first kappa shape index (κ1) is 22.8. The van der Waals surface area contributed by atoms with Gasteiger partial charge < -0.3 is 14.3 Å². The highest BCUT2D eigenvalue weighted by Gasteiger charge is 2.47. The standard InChI is InChI=1S/C26H29BO4/c1-3-14-25(28)30-27(29)31-26(22-17-10-6-11-18-22,23-19-12-7-13-20-23)24(4-2)21-15-8-5-9-16-21/h5-13,15-20,24,29H,3-4,14H2,1-2H3. The Morgan fingerprint density at radius 3 is 1.81 bits per heavy atom. The van der Waals surface area contributed by atoms with E-state index in [2.05, 4.69) is 19.1 Å². The van der Waals surface area contributed by atoms with Crippen LogP contribution in [0.4, 0.5) is 0 Å². The van der Waals surface area contributed by atoms with E-state index < -0.39 is 18.9 Å². The van der Waals surface area contributed by atoms with Crippen molar-refractivity contribution >= 4 is 13.3 Å². The number of carbonyl (C=O) groups excluding carboxylic acids is 1. The average Bonchev–Trinajstić information content (AvgIpc) is 2.80. The van der Waals surface area contributed by atoms with Gasteiger partial charge in [0.2, 0.25) is 0 Å². The van der Waals surface area contributed by atoms with Crippen LogP contribution in [-0.2, 0) is 19.7 Å². The van der Waals surface area contributed by atoms with Gasteiger partial charge in [-0.15, -0.1) is 0 Å². The van der Waals surface area contributed by atoms with Gasteiger partial charge in [0.05, 0.1) is 0 Å². The predicted molar refractivity (Wildman–Crippen MR) is 123 cm³/mol. The Kier molecular flexibility index (Phi) is 8.04. The predicted octanol–water partition coefficient (Wildman–Crippen LogP) is 5.46. The minimum absolute atomic E-state index is 0.141. The molecule has 0 aromatic heterocycles. The van der Waals surface area contributed by atoms with Crippen molar-refractivity contribution in [1.82, 2.24) is 0 Å². The summed E-state index contributed by atoms with van der Waals surface area (Å²) in [6, 6.07) is 29.7. The molecular weight excluding hydrogens is 387 g/mol. The monoisotopic (exact) mass is 416 g/mol. The zero-order chi connectivity index (χ0) is 22.1. The van der Waals surface area contributed by atoms with Gasteiger partial charge in [-0.05, 0) is 29.5 Å². The molecule has 0 radical (unpaired) electrons. The smallest absolute Gasteiger partial charge is 0.485 e. The summed E-state index contributed by atoms with van der Waals surface area (Å²) in [7, 11) is -1.70. The maximum absolute atomic E-state index is 12.1. The van der Waals surface area contributed by atoms with Crippen molar-refractivity contribution in [1.29, 1.82) is 0 Å². The van der Waals surface area contributed by atoms with E-state index in [1.807, 2.05) is 85.8 Å². The number of carbonyl (C=O) groups is 1. The van der Waals surface area contributed by atoms with Crippen LogP contribution in [0.25, 0.3) is 0 Å². The van der Waals surface area contributed by atoms with E-state index in [1.165, 1.54) is 0 Å². The SMILES string of the molecule is CCCC(=O)OB(O)OC(c1ccccc1)(c1ccccc1)C(CC)c1ccccc1. The van der Waals surface area contributed by atoms with Crippen LogP contribution in [0.5, 0.6) is 0 Å². The Labute approximate surface area is 185 Å². The van der Waals surface area contributed by atoms with Gasteiger partial charge in [-0.2, -0.15) is 0 Å². The molecule has 0 saturated heterocycles. The summed E-state index contributed by atoms with van der Waals surface area (Å²) < 4.78 is 11.6. The van der Waals surface area contributed by atoms with E-state index in [-0.39, 0.29) is 12.3 Å². The fourth-order valence-electron chi connectivity index (χ4n) is 4.16. The quantitative estimate of drug-likeness (QED) is 0.446. The van der Waals surface area contributed by atoms with E-state index in [9.17, 15) is 9.82 Å². The van der Waals surface area contributed by atoms with Crippen LogP contribution in [0, 0.1) is 0 Å². The Balaban J connectivity index is 2.18. The van der Waals surface area contributed by atoms with Crippen molar-refractivity contribution in [2.24, 2.45) is 0 Å².